The van der Waals surface area contributed by atoms with Crippen molar-refractivity contribution in [3.05, 3.63) is 34.9 Å². The Hall–Kier alpha value is -0.860. The van der Waals surface area contributed by atoms with E-state index in [-0.39, 0.29) is 6.10 Å². The van der Waals surface area contributed by atoms with Crippen molar-refractivity contribution in [2.45, 2.75) is 39.4 Å². The van der Waals surface area contributed by atoms with Crippen LogP contribution in [0.5, 0.6) is 0 Å². The van der Waals surface area contributed by atoms with Gasteiger partial charge in [-0.3, -0.25) is 0 Å². The average molecular weight is 219 g/mol. The van der Waals surface area contributed by atoms with Crippen LogP contribution in [0, 0.1) is 13.8 Å². The Balaban J connectivity index is 2.13. The van der Waals surface area contributed by atoms with Crippen molar-refractivity contribution >= 4 is 0 Å². The van der Waals surface area contributed by atoms with Gasteiger partial charge in [0.05, 0.1) is 12.2 Å². The lowest BCUT2D eigenvalue weighted by Gasteiger charge is -2.30. The molecule has 2 atom stereocenters. The van der Waals surface area contributed by atoms with Gasteiger partial charge >= 0.3 is 0 Å². The lowest BCUT2D eigenvalue weighted by atomic mass is 10.0. The van der Waals surface area contributed by atoms with Gasteiger partial charge in [0, 0.05) is 13.1 Å². The second-order valence-electron chi connectivity index (χ2n) is 4.66. The van der Waals surface area contributed by atoms with Crippen molar-refractivity contribution in [3.8, 4) is 0 Å². The van der Waals surface area contributed by atoms with Crippen LogP contribution in [0.2, 0.25) is 0 Å². The molecule has 1 aromatic carbocycles. The van der Waals surface area contributed by atoms with Gasteiger partial charge in [-0.1, -0.05) is 25.1 Å². The van der Waals surface area contributed by atoms with Gasteiger partial charge in [0.15, 0.2) is 0 Å². The Morgan fingerprint density at radius 3 is 2.75 bits per heavy atom. The summed E-state index contributed by atoms with van der Waals surface area (Å²) in [4.78, 5) is 0. The van der Waals surface area contributed by atoms with E-state index in [4.69, 9.17) is 4.74 Å². The van der Waals surface area contributed by atoms with Gasteiger partial charge < -0.3 is 10.1 Å². The molecule has 0 bridgehead atoms. The summed E-state index contributed by atoms with van der Waals surface area (Å²) < 4.78 is 6.05. The van der Waals surface area contributed by atoms with E-state index in [2.05, 4.69) is 44.3 Å². The molecule has 0 amide bonds. The van der Waals surface area contributed by atoms with Gasteiger partial charge in [0.2, 0.25) is 0 Å². The molecule has 2 unspecified atom stereocenters. The maximum absolute atomic E-state index is 6.05. The lowest BCUT2D eigenvalue weighted by Crippen LogP contribution is -2.40. The molecular weight excluding hydrogens is 198 g/mol. The summed E-state index contributed by atoms with van der Waals surface area (Å²) in [5.41, 5.74) is 3.99. The summed E-state index contributed by atoms with van der Waals surface area (Å²) in [5, 5.41) is 3.44. The van der Waals surface area contributed by atoms with E-state index in [0.29, 0.717) is 6.10 Å². The van der Waals surface area contributed by atoms with E-state index in [0.717, 1.165) is 19.5 Å². The van der Waals surface area contributed by atoms with Crippen LogP contribution in [0.1, 0.15) is 36.1 Å². The van der Waals surface area contributed by atoms with Crippen LogP contribution in [-0.2, 0) is 4.74 Å². The van der Waals surface area contributed by atoms with Gasteiger partial charge in [-0.05, 0) is 37.0 Å². The van der Waals surface area contributed by atoms with Crippen molar-refractivity contribution < 1.29 is 4.74 Å². The van der Waals surface area contributed by atoms with E-state index in [1.165, 1.54) is 16.7 Å². The molecule has 2 heteroatoms. The Bertz CT molecular complexity index is 362. The number of hydrogen-bond donors (Lipinski definition) is 1. The summed E-state index contributed by atoms with van der Waals surface area (Å²) in [7, 11) is 0. The normalized spacial score (nSPS) is 25.7. The van der Waals surface area contributed by atoms with Gasteiger partial charge in [0.1, 0.15) is 0 Å². The average Bonchev–Trinajstić information content (AvgIpc) is 2.33. The number of ether oxygens (including phenoxy) is 1. The molecule has 1 aliphatic heterocycles. The molecule has 1 aliphatic rings. The van der Waals surface area contributed by atoms with Crippen molar-refractivity contribution in [2.24, 2.45) is 0 Å². The molecular formula is C14H21NO. The largest absolute Gasteiger partial charge is 0.368 e. The van der Waals surface area contributed by atoms with Gasteiger partial charge in [0.25, 0.3) is 0 Å². The van der Waals surface area contributed by atoms with Gasteiger partial charge in [-0.2, -0.15) is 0 Å². The highest BCUT2D eigenvalue weighted by Gasteiger charge is 2.22. The molecule has 88 valence electrons. The zero-order valence-electron chi connectivity index (χ0n) is 10.4. The molecule has 1 saturated heterocycles. The zero-order valence-corrected chi connectivity index (χ0v) is 10.4. The molecule has 0 spiro atoms. The molecule has 0 radical (unpaired) electrons. The minimum atomic E-state index is 0.220. The standard InChI is InChI=1S/C14H21NO/c1-4-13-8-15-9-14(16-13)12-6-5-10(2)11(3)7-12/h5-7,13-15H,4,8-9H2,1-3H3. The summed E-state index contributed by atoms with van der Waals surface area (Å²) >= 11 is 0. The minimum Gasteiger partial charge on any atom is -0.368 e. The van der Waals surface area contributed by atoms with E-state index in [1.807, 2.05) is 0 Å². The fourth-order valence-electron chi connectivity index (χ4n) is 2.11. The van der Waals surface area contributed by atoms with E-state index < -0.39 is 0 Å². The first-order valence-corrected chi connectivity index (χ1v) is 6.14. The fourth-order valence-corrected chi connectivity index (χ4v) is 2.11. The quantitative estimate of drug-likeness (QED) is 0.826. The number of nitrogens with one attached hydrogen (secondary N) is 1. The maximum atomic E-state index is 6.05. The number of aryl methyl sites for hydroxylation is 2. The van der Waals surface area contributed by atoms with E-state index in [1.54, 1.807) is 0 Å². The summed E-state index contributed by atoms with van der Waals surface area (Å²) in [6.45, 7) is 8.40. The second-order valence-corrected chi connectivity index (χ2v) is 4.66. The summed E-state index contributed by atoms with van der Waals surface area (Å²) in [6.07, 6.45) is 1.66. The smallest absolute Gasteiger partial charge is 0.0953 e. The van der Waals surface area contributed by atoms with Crippen LogP contribution < -0.4 is 5.32 Å². The molecule has 0 saturated carbocycles. The molecule has 0 aromatic heterocycles. The molecule has 0 aliphatic carbocycles. The van der Waals surface area contributed by atoms with Gasteiger partial charge in [-0.25, -0.2) is 0 Å². The van der Waals surface area contributed by atoms with Crippen LogP contribution in [0.4, 0.5) is 0 Å². The number of benzene rings is 1. The van der Waals surface area contributed by atoms with Crippen molar-refractivity contribution in [2.75, 3.05) is 13.1 Å². The van der Waals surface area contributed by atoms with Crippen LogP contribution >= 0.6 is 0 Å². The first-order valence-electron chi connectivity index (χ1n) is 6.14. The molecule has 1 aromatic rings. The van der Waals surface area contributed by atoms with Crippen LogP contribution in [0.15, 0.2) is 18.2 Å². The third kappa shape index (κ3) is 2.45. The first kappa shape index (κ1) is 11.6. The number of rotatable bonds is 2. The fraction of sp³-hybridized carbons (Fsp3) is 0.571. The molecule has 16 heavy (non-hydrogen) atoms. The number of hydrogen-bond acceptors (Lipinski definition) is 2. The maximum Gasteiger partial charge on any atom is 0.0953 e. The van der Waals surface area contributed by atoms with Crippen LogP contribution in [0.25, 0.3) is 0 Å². The Labute approximate surface area is 98.0 Å². The zero-order chi connectivity index (χ0) is 11.5. The Morgan fingerprint density at radius 2 is 2.06 bits per heavy atom. The predicted molar refractivity (Wildman–Crippen MR) is 66.7 cm³/mol. The highest BCUT2D eigenvalue weighted by Crippen LogP contribution is 2.24. The van der Waals surface area contributed by atoms with Gasteiger partial charge in [-0.15, -0.1) is 0 Å². The molecule has 1 fully saturated rings. The lowest BCUT2D eigenvalue weighted by molar-refractivity contribution is -0.0400. The van der Waals surface area contributed by atoms with Crippen LogP contribution in [0.3, 0.4) is 0 Å². The molecule has 1 heterocycles. The monoisotopic (exact) mass is 219 g/mol. The van der Waals surface area contributed by atoms with E-state index >= 15 is 0 Å². The Kier molecular flexibility index (Phi) is 3.62. The summed E-state index contributed by atoms with van der Waals surface area (Å²) in [6, 6.07) is 6.62. The second kappa shape index (κ2) is 4.98. The SMILES string of the molecule is CCC1CNCC(c2ccc(C)c(C)c2)O1. The van der Waals surface area contributed by atoms with Crippen molar-refractivity contribution in [3.63, 3.8) is 0 Å². The highest BCUT2D eigenvalue weighted by atomic mass is 16.5. The van der Waals surface area contributed by atoms with Crippen molar-refractivity contribution in [1.82, 2.24) is 5.32 Å². The predicted octanol–water partition coefficient (Wildman–Crippen LogP) is 2.74. The topological polar surface area (TPSA) is 21.3 Å². The third-order valence-corrected chi connectivity index (χ3v) is 3.42. The third-order valence-electron chi connectivity index (χ3n) is 3.42. The molecule has 1 N–H and O–H groups in total. The summed E-state index contributed by atoms with van der Waals surface area (Å²) in [5.74, 6) is 0. The molecule has 2 rings (SSSR count). The van der Waals surface area contributed by atoms with E-state index in [9.17, 15) is 0 Å². The van der Waals surface area contributed by atoms with Crippen molar-refractivity contribution in [1.29, 1.82) is 0 Å². The highest BCUT2D eigenvalue weighted by molar-refractivity contribution is 5.31. The Morgan fingerprint density at radius 1 is 1.25 bits per heavy atom. The minimum absolute atomic E-state index is 0.220. The van der Waals surface area contributed by atoms with Crippen LogP contribution in [-0.4, -0.2) is 19.2 Å². The molecule has 2 nitrogen and oxygen atoms in total. The number of morpholine rings is 1. The first-order chi connectivity index (χ1) is 7.70.